The van der Waals surface area contributed by atoms with E-state index in [0.29, 0.717) is 36.9 Å². The molecule has 5 amide bonds. The van der Waals surface area contributed by atoms with Crippen molar-refractivity contribution in [3.63, 3.8) is 0 Å². The summed E-state index contributed by atoms with van der Waals surface area (Å²) in [7, 11) is -5.77. The minimum absolute atomic E-state index is 0.0106. The molecule has 5 rings (SSSR count). The fourth-order valence-corrected chi connectivity index (χ4v) is 8.03. The zero-order chi connectivity index (χ0) is 43.1. The van der Waals surface area contributed by atoms with Gasteiger partial charge in [0.1, 0.15) is 18.1 Å². The van der Waals surface area contributed by atoms with E-state index in [-0.39, 0.29) is 31.5 Å². The Hall–Kier alpha value is -5.28. The van der Waals surface area contributed by atoms with Crippen molar-refractivity contribution in [2.24, 2.45) is 5.73 Å². The van der Waals surface area contributed by atoms with Gasteiger partial charge in [0.2, 0.25) is 29.5 Å². The van der Waals surface area contributed by atoms with E-state index >= 15 is 0 Å². The molecule has 0 saturated carbocycles. The number of nitrogens with zero attached hydrogens (tertiary/aromatic N) is 2. The second-order valence-corrected chi connectivity index (χ2v) is 16.9. The molecule has 0 unspecified atom stereocenters. The summed E-state index contributed by atoms with van der Waals surface area (Å²) in [5, 5.41) is 8.62. The number of allylic oxidation sites excluding steroid dienone is 1. The van der Waals surface area contributed by atoms with Gasteiger partial charge in [-0.25, -0.2) is 0 Å². The number of carbonyl (C=O) groups is 5. The highest BCUT2D eigenvalue weighted by molar-refractivity contribution is 7.52. The Balaban J connectivity index is 1.35. The molecule has 17 heteroatoms. The number of amides is 5. The number of nitrogens with one attached hydrogen (secondary N) is 3. The molecule has 0 aliphatic carbocycles. The molecule has 59 heavy (non-hydrogen) atoms. The first-order valence-corrected chi connectivity index (χ1v) is 21.1. The van der Waals surface area contributed by atoms with Crippen LogP contribution in [-0.4, -0.2) is 92.4 Å². The fraction of sp³-hybridized carbons (Fsp3) is 0.405. The summed E-state index contributed by atoms with van der Waals surface area (Å²) in [5.74, 6) is -2.95. The number of hydrogen-bond acceptors (Lipinski definition) is 7. The predicted molar refractivity (Wildman–Crippen MR) is 216 cm³/mol. The van der Waals surface area contributed by atoms with Crippen LogP contribution in [0.1, 0.15) is 81.2 Å². The third kappa shape index (κ3) is 11.1. The SMILES string of the molecule is C/C(=C\C(=O)N[C@H]1CN(C(C)C)CC[C@H]2CC[C@@H](C(=O)N[C@@H](CCC(N)=O)C(=O)NC(c3ccccc3)c3ccccc3)N2C1=O)c1ccc(C(F)(F)P(=O)(O)O)cc1. The lowest BCUT2D eigenvalue weighted by atomic mass is 9.98. The van der Waals surface area contributed by atoms with Crippen molar-refractivity contribution in [1.29, 1.82) is 0 Å². The zero-order valence-corrected chi connectivity index (χ0v) is 34.0. The Kier molecular flexibility index (Phi) is 14.6. The normalized spacial score (nSPS) is 19.7. The van der Waals surface area contributed by atoms with Crippen molar-refractivity contribution in [1.82, 2.24) is 25.8 Å². The molecule has 2 aliphatic rings. The quantitative estimate of drug-likeness (QED) is 0.0966. The molecule has 3 aromatic rings. The number of halogens is 2. The smallest absolute Gasteiger partial charge is 0.370 e. The molecule has 2 saturated heterocycles. The Bertz CT molecular complexity index is 2030. The van der Waals surface area contributed by atoms with Crippen LogP contribution in [0.3, 0.4) is 0 Å². The zero-order valence-electron chi connectivity index (χ0n) is 33.1. The van der Waals surface area contributed by atoms with Crippen molar-refractivity contribution >= 4 is 42.7 Å². The van der Waals surface area contributed by atoms with Gasteiger partial charge in [0.05, 0.1) is 6.04 Å². The number of fused-ring (bicyclic) bond motifs is 1. The van der Waals surface area contributed by atoms with Crippen molar-refractivity contribution in [3.05, 3.63) is 113 Å². The van der Waals surface area contributed by atoms with E-state index in [9.17, 15) is 37.3 Å². The number of nitrogens with two attached hydrogens (primary N) is 1. The Morgan fingerprint density at radius 1 is 0.915 bits per heavy atom. The number of primary amides is 1. The predicted octanol–water partition coefficient (Wildman–Crippen LogP) is 3.93. The van der Waals surface area contributed by atoms with Crippen LogP contribution in [-0.2, 0) is 34.2 Å². The van der Waals surface area contributed by atoms with Gasteiger partial charge in [-0.3, -0.25) is 33.4 Å². The summed E-state index contributed by atoms with van der Waals surface area (Å²) < 4.78 is 39.7. The Morgan fingerprint density at radius 3 is 2.05 bits per heavy atom. The maximum absolute atomic E-state index is 14.5. The van der Waals surface area contributed by atoms with Crippen molar-refractivity contribution < 1.29 is 47.1 Å². The van der Waals surface area contributed by atoms with Crippen molar-refractivity contribution in [2.45, 2.75) is 94.8 Å². The lowest BCUT2D eigenvalue weighted by Gasteiger charge is -2.40. The number of hydrogen-bond donors (Lipinski definition) is 6. The molecule has 3 aromatic carbocycles. The van der Waals surface area contributed by atoms with Crippen LogP contribution >= 0.6 is 7.60 Å². The molecule has 0 radical (unpaired) electrons. The Labute approximate surface area is 341 Å². The maximum Gasteiger partial charge on any atom is 0.399 e. The van der Waals surface area contributed by atoms with Gasteiger partial charge in [0.25, 0.3) is 0 Å². The highest BCUT2D eigenvalue weighted by Gasteiger charge is 2.50. The summed E-state index contributed by atoms with van der Waals surface area (Å²) in [6.07, 6.45) is 2.26. The maximum atomic E-state index is 14.5. The van der Waals surface area contributed by atoms with Crippen LogP contribution in [0, 0.1) is 0 Å². The van der Waals surface area contributed by atoms with Crippen LogP contribution in [0.25, 0.3) is 5.57 Å². The third-order valence-corrected chi connectivity index (χ3v) is 11.8. The van der Waals surface area contributed by atoms with E-state index in [4.69, 9.17) is 15.5 Å². The first kappa shape index (κ1) is 44.8. The molecule has 316 valence electrons. The second kappa shape index (κ2) is 19.2. The van der Waals surface area contributed by atoms with Crippen LogP contribution < -0.4 is 21.7 Å². The number of benzene rings is 3. The van der Waals surface area contributed by atoms with E-state index < -0.39 is 72.5 Å². The average molecular weight is 837 g/mol. The van der Waals surface area contributed by atoms with Crippen LogP contribution in [0.2, 0.25) is 0 Å². The molecule has 0 bridgehead atoms. The van der Waals surface area contributed by atoms with Crippen molar-refractivity contribution in [2.75, 3.05) is 13.1 Å². The summed E-state index contributed by atoms with van der Waals surface area (Å²) in [4.78, 5) is 89.7. The fourth-order valence-electron chi connectivity index (χ4n) is 7.54. The van der Waals surface area contributed by atoms with E-state index in [1.807, 2.05) is 74.5 Å². The van der Waals surface area contributed by atoms with Gasteiger partial charge in [0.15, 0.2) is 0 Å². The molecular formula is C42H51F2N6O8P. The van der Waals surface area contributed by atoms with Gasteiger partial charge in [-0.2, -0.15) is 8.78 Å². The lowest BCUT2D eigenvalue weighted by molar-refractivity contribution is -0.145. The van der Waals surface area contributed by atoms with E-state index in [0.717, 1.165) is 23.3 Å². The molecule has 2 fully saturated rings. The monoisotopic (exact) mass is 836 g/mol. The van der Waals surface area contributed by atoms with Gasteiger partial charge in [0, 0.05) is 43.2 Å². The molecule has 14 nitrogen and oxygen atoms in total. The van der Waals surface area contributed by atoms with E-state index in [1.165, 1.54) is 23.1 Å². The Morgan fingerprint density at radius 2 is 1.51 bits per heavy atom. The van der Waals surface area contributed by atoms with Gasteiger partial charge in [-0.05, 0) is 68.7 Å². The minimum atomic E-state index is -5.77. The average Bonchev–Trinajstić information content (AvgIpc) is 3.62. The summed E-state index contributed by atoms with van der Waals surface area (Å²) in [6.45, 7) is 6.17. The first-order valence-electron chi connectivity index (χ1n) is 19.5. The molecule has 2 aliphatic heterocycles. The number of carbonyl (C=O) groups excluding carboxylic acids is 5. The standard InChI is InChI=1S/C42H51F2N6O8P/c1-26(2)49-23-22-32-18-20-35(40(54)47-33(19-21-36(45)51)39(53)48-38(29-10-6-4-7-11-29)30-12-8-5-9-13-30)50(32)41(55)34(25-49)46-37(52)24-27(3)28-14-16-31(17-15-28)42(43,44)59(56,57)58/h4-17,24,26,32-35,38H,18-23,25H2,1-3H3,(H2,45,51)(H,46,52)(H,47,54)(H,48,53)(H2,56,57,58)/b27-24+/t32-,33+,34+,35+/m1/s1. The first-order chi connectivity index (χ1) is 27.9. The molecule has 4 atom stereocenters. The van der Waals surface area contributed by atoms with Crippen LogP contribution in [0.4, 0.5) is 8.78 Å². The molecule has 0 spiro atoms. The molecular weight excluding hydrogens is 785 g/mol. The summed E-state index contributed by atoms with van der Waals surface area (Å²) in [5.41, 5.74) is 2.43. The largest absolute Gasteiger partial charge is 0.399 e. The summed E-state index contributed by atoms with van der Waals surface area (Å²) >= 11 is 0. The highest BCUT2D eigenvalue weighted by Crippen LogP contribution is 2.59. The third-order valence-electron chi connectivity index (χ3n) is 10.8. The molecule has 0 aromatic heterocycles. The number of alkyl halides is 2. The van der Waals surface area contributed by atoms with Gasteiger partial charge in [-0.1, -0.05) is 84.9 Å². The van der Waals surface area contributed by atoms with Crippen LogP contribution in [0.5, 0.6) is 0 Å². The lowest BCUT2D eigenvalue weighted by Crippen LogP contribution is -2.62. The van der Waals surface area contributed by atoms with Gasteiger partial charge >= 0.3 is 13.3 Å². The van der Waals surface area contributed by atoms with E-state index in [2.05, 4.69) is 20.9 Å². The van der Waals surface area contributed by atoms with E-state index in [1.54, 1.807) is 6.92 Å². The van der Waals surface area contributed by atoms with Gasteiger partial charge in [-0.15, -0.1) is 0 Å². The molecule has 7 N–H and O–H groups in total. The number of rotatable bonds is 15. The minimum Gasteiger partial charge on any atom is -0.370 e. The second-order valence-electron chi connectivity index (χ2n) is 15.3. The topological polar surface area (TPSA) is 211 Å². The highest BCUT2D eigenvalue weighted by atomic mass is 31.2. The van der Waals surface area contributed by atoms with Crippen molar-refractivity contribution in [3.8, 4) is 0 Å². The van der Waals surface area contributed by atoms with Crippen LogP contribution in [0.15, 0.2) is 91.0 Å². The van der Waals surface area contributed by atoms with Gasteiger partial charge < -0.3 is 36.4 Å². The summed E-state index contributed by atoms with van der Waals surface area (Å²) in [6, 6.07) is 18.5. The molecule has 2 heterocycles.